The van der Waals surface area contributed by atoms with Crippen molar-refractivity contribution in [1.29, 1.82) is 0 Å². The summed E-state index contributed by atoms with van der Waals surface area (Å²) in [5.74, 6) is -0.0367. The molecule has 3 aliphatic rings. The van der Waals surface area contributed by atoms with Gasteiger partial charge in [0, 0.05) is 30.1 Å². The van der Waals surface area contributed by atoms with Crippen molar-refractivity contribution >= 4 is 40.1 Å². The van der Waals surface area contributed by atoms with Crippen LogP contribution in [0.25, 0.3) is 5.70 Å². The number of fused-ring (bicyclic) bond motifs is 1. The molecule has 0 saturated carbocycles. The van der Waals surface area contributed by atoms with Gasteiger partial charge in [-0.2, -0.15) is 4.99 Å². The normalized spacial score (nSPS) is 24.1. The van der Waals surface area contributed by atoms with Crippen molar-refractivity contribution < 1.29 is 9.53 Å². The van der Waals surface area contributed by atoms with Gasteiger partial charge in [-0.05, 0) is 24.1 Å². The van der Waals surface area contributed by atoms with Gasteiger partial charge in [0.1, 0.15) is 6.04 Å². The summed E-state index contributed by atoms with van der Waals surface area (Å²) in [7, 11) is 0. The van der Waals surface area contributed by atoms with Crippen LogP contribution < -0.4 is 0 Å². The monoisotopic (exact) mass is 363 g/mol. The first kappa shape index (κ1) is 16.1. The fraction of sp³-hybridized carbons (Fsp3) is 0.412. The molecule has 3 aliphatic heterocycles. The summed E-state index contributed by atoms with van der Waals surface area (Å²) in [4.78, 5) is 21.0. The van der Waals surface area contributed by atoms with Crippen LogP contribution in [-0.4, -0.2) is 59.8 Å². The maximum absolute atomic E-state index is 12.4. The highest BCUT2D eigenvalue weighted by molar-refractivity contribution is 8.16. The van der Waals surface area contributed by atoms with Gasteiger partial charge in [-0.3, -0.25) is 9.69 Å². The highest BCUT2D eigenvalue weighted by Crippen LogP contribution is 2.39. The molecule has 1 aromatic carbocycles. The minimum absolute atomic E-state index is 0.0367. The van der Waals surface area contributed by atoms with Gasteiger partial charge in [0.15, 0.2) is 5.17 Å². The van der Waals surface area contributed by atoms with E-state index in [2.05, 4.69) is 20.2 Å². The van der Waals surface area contributed by atoms with Gasteiger partial charge in [0.25, 0.3) is 5.91 Å². The van der Waals surface area contributed by atoms with Crippen LogP contribution in [0.4, 0.5) is 0 Å². The first-order valence-electron chi connectivity index (χ1n) is 8.07. The van der Waals surface area contributed by atoms with E-state index in [4.69, 9.17) is 16.3 Å². The molecule has 5 nitrogen and oxygen atoms in total. The van der Waals surface area contributed by atoms with Gasteiger partial charge in [0.05, 0.1) is 18.9 Å². The molecule has 7 heteroatoms. The molecule has 0 radical (unpaired) electrons. The van der Waals surface area contributed by atoms with Gasteiger partial charge in [-0.15, -0.1) is 0 Å². The molecule has 1 amide bonds. The van der Waals surface area contributed by atoms with Crippen molar-refractivity contribution in [3.63, 3.8) is 0 Å². The van der Waals surface area contributed by atoms with Crippen molar-refractivity contribution in [1.82, 2.24) is 9.80 Å². The molecule has 0 aliphatic carbocycles. The van der Waals surface area contributed by atoms with Crippen molar-refractivity contribution in [3.05, 3.63) is 40.3 Å². The molecule has 0 N–H and O–H groups in total. The zero-order valence-corrected chi connectivity index (χ0v) is 14.7. The average molecular weight is 364 g/mol. The SMILES string of the molecule is O=C1N=C2SC=C(c3ccc(Cl)cc3)N2C1CCN1CCOCC1. The lowest BCUT2D eigenvalue weighted by Crippen LogP contribution is -2.41. The maximum Gasteiger partial charge on any atom is 0.271 e. The number of ether oxygens (including phenoxy) is 1. The van der Waals surface area contributed by atoms with Crippen LogP contribution in [-0.2, 0) is 9.53 Å². The van der Waals surface area contributed by atoms with Crippen LogP contribution in [0.3, 0.4) is 0 Å². The van der Waals surface area contributed by atoms with Crippen LogP contribution in [0, 0.1) is 0 Å². The third kappa shape index (κ3) is 3.11. The number of amides is 1. The van der Waals surface area contributed by atoms with Gasteiger partial charge in [0.2, 0.25) is 0 Å². The predicted molar refractivity (Wildman–Crippen MR) is 97.0 cm³/mol. The number of amidine groups is 1. The van der Waals surface area contributed by atoms with E-state index < -0.39 is 0 Å². The second-order valence-corrected chi connectivity index (χ2v) is 7.26. The summed E-state index contributed by atoms with van der Waals surface area (Å²) < 4.78 is 5.38. The second kappa shape index (κ2) is 6.88. The number of halogens is 1. The Morgan fingerprint density at radius 1 is 1.25 bits per heavy atom. The quantitative estimate of drug-likeness (QED) is 0.823. The van der Waals surface area contributed by atoms with Crippen molar-refractivity contribution in [2.75, 3.05) is 32.8 Å². The third-order valence-corrected chi connectivity index (χ3v) is 5.60. The molecule has 1 saturated heterocycles. The van der Waals surface area contributed by atoms with E-state index in [0.717, 1.165) is 55.7 Å². The van der Waals surface area contributed by atoms with E-state index in [1.807, 2.05) is 24.3 Å². The molecule has 1 atom stereocenters. The van der Waals surface area contributed by atoms with Crippen molar-refractivity contribution in [2.45, 2.75) is 12.5 Å². The first-order chi connectivity index (χ1) is 11.7. The smallest absolute Gasteiger partial charge is 0.271 e. The number of morpholine rings is 1. The van der Waals surface area contributed by atoms with Crippen molar-refractivity contribution in [2.24, 2.45) is 4.99 Å². The predicted octanol–water partition coefficient (Wildman–Crippen LogP) is 2.67. The Labute approximate surface area is 150 Å². The Kier molecular flexibility index (Phi) is 4.63. The van der Waals surface area contributed by atoms with Crippen LogP contribution in [0.15, 0.2) is 34.7 Å². The van der Waals surface area contributed by atoms with E-state index in [0.29, 0.717) is 5.02 Å². The van der Waals surface area contributed by atoms with Crippen LogP contribution in [0.2, 0.25) is 5.02 Å². The highest BCUT2D eigenvalue weighted by Gasteiger charge is 2.40. The largest absolute Gasteiger partial charge is 0.379 e. The van der Waals surface area contributed by atoms with Crippen LogP contribution in [0.1, 0.15) is 12.0 Å². The first-order valence-corrected chi connectivity index (χ1v) is 9.33. The number of nitrogens with zero attached hydrogens (tertiary/aromatic N) is 3. The molecule has 0 aromatic heterocycles. The number of carbonyl (C=O) groups is 1. The number of hydrogen-bond acceptors (Lipinski definition) is 5. The van der Waals surface area contributed by atoms with E-state index in [1.54, 1.807) is 0 Å². The minimum atomic E-state index is -0.209. The zero-order valence-electron chi connectivity index (χ0n) is 13.2. The van der Waals surface area contributed by atoms with E-state index in [9.17, 15) is 4.79 Å². The lowest BCUT2D eigenvalue weighted by molar-refractivity contribution is -0.120. The molecule has 1 aromatic rings. The number of carbonyl (C=O) groups excluding carboxylic acids is 1. The lowest BCUT2D eigenvalue weighted by Gasteiger charge is -2.30. The molecular formula is C17H18ClN3O2S. The average Bonchev–Trinajstić information content (AvgIpc) is 3.13. The summed E-state index contributed by atoms with van der Waals surface area (Å²) in [5, 5.41) is 3.56. The maximum atomic E-state index is 12.4. The summed E-state index contributed by atoms with van der Waals surface area (Å²) in [6, 6.07) is 7.51. The molecule has 0 spiro atoms. The summed E-state index contributed by atoms with van der Waals surface area (Å²) >= 11 is 7.50. The van der Waals surface area contributed by atoms with Crippen molar-refractivity contribution in [3.8, 4) is 0 Å². The Morgan fingerprint density at radius 3 is 2.75 bits per heavy atom. The fourth-order valence-corrected chi connectivity index (χ4v) is 4.27. The van der Waals surface area contributed by atoms with Crippen LogP contribution >= 0.6 is 23.4 Å². The molecule has 4 rings (SSSR count). The van der Waals surface area contributed by atoms with Gasteiger partial charge >= 0.3 is 0 Å². The van der Waals surface area contributed by atoms with E-state index >= 15 is 0 Å². The number of rotatable bonds is 4. The second-order valence-electron chi connectivity index (χ2n) is 5.99. The third-order valence-electron chi connectivity index (χ3n) is 4.51. The summed E-state index contributed by atoms with van der Waals surface area (Å²) in [6.07, 6.45) is 0.775. The minimum Gasteiger partial charge on any atom is -0.379 e. The standard InChI is InChI=1S/C17H18ClN3O2S/c18-13-3-1-12(2-4-13)15-11-24-17-19-16(22)14(21(15)17)5-6-20-7-9-23-10-8-20/h1-4,11,14H,5-10H2. The number of hydrogen-bond donors (Lipinski definition) is 0. The Hall–Kier alpha value is -1.34. The molecule has 1 unspecified atom stereocenters. The van der Waals surface area contributed by atoms with E-state index in [1.165, 1.54) is 11.8 Å². The summed E-state index contributed by atoms with van der Waals surface area (Å²) in [6.45, 7) is 4.30. The Bertz CT molecular complexity index is 698. The molecule has 126 valence electrons. The van der Waals surface area contributed by atoms with Gasteiger partial charge < -0.3 is 9.64 Å². The Morgan fingerprint density at radius 2 is 2.00 bits per heavy atom. The summed E-state index contributed by atoms with van der Waals surface area (Å²) in [5.41, 5.74) is 2.09. The van der Waals surface area contributed by atoms with Crippen LogP contribution in [0.5, 0.6) is 0 Å². The fourth-order valence-electron chi connectivity index (χ4n) is 3.20. The number of aliphatic imine (C=N–C) groups is 1. The zero-order chi connectivity index (χ0) is 16.5. The molecule has 0 bridgehead atoms. The lowest BCUT2D eigenvalue weighted by atomic mass is 10.1. The number of benzene rings is 1. The van der Waals surface area contributed by atoms with E-state index in [-0.39, 0.29) is 11.9 Å². The molecule has 24 heavy (non-hydrogen) atoms. The van der Waals surface area contributed by atoms with Gasteiger partial charge in [-0.1, -0.05) is 35.5 Å². The molecule has 3 heterocycles. The number of thioether (sulfide) groups is 1. The Balaban J connectivity index is 1.49. The highest BCUT2D eigenvalue weighted by atomic mass is 35.5. The molecule has 1 fully saturated rings. The van der Waals surface area contributed by atoms with Gasteiger partial charge in [-0.25, -0.2) is 0 Å². The topological polar surface area (TPSA) is 45.1 Å². The molecular weight excluding hydrogens is 346 g/mol.